The lowest BCUT2D eigenvalue weighted by Crippen LogP contribution is -2.34. The normalized spacial score (nSPS) is 15.0. The number of carbonyl (C=O) groups is 2. The highest BCUT2D eigenvalue weighted by Crippen LogP contribution is 2.37. The summed E-state index contributed by atoms with van der Waals surface area (Å²) in [7, 11) is 0. The Morgan fingerprint density at radius 3 is 2.25 bits per heavy atom. The van der Waals surface area contributed by atoms with Crippen molar-refractivity contribution in [1.82, 2.24) is 4.90 Å². The highest BCUT2D eigenvalue weighted by molar-refractivity contribution is 6.36. The summed E-state index contributed by atoms with van der Waals surface area (Å²) in [6.45, 7) is 2.85. The van der Waals surface area contributed by atoms with Crippen molar-refractivity contribution >= 4 is 23.1 Å². The average Bonchev–Trinajstić information content (AvgIpc) is 3.39. The van der Waals surface area contributed by atoms with Crippen LogP contribution in [-0.2, 0) is 16.1 Å². The number of hydrogen-bond acceptors (Lipinski definition) is 5. The monoisotopic (exact) mass is 426 g/mol. The highest BCUT2D eigenvalue weighted by Gasteiger charge is 2.41. The molecule has 2 amide bonds. The lowest BCUT2D eigenvalue weighted by Gasteiger charge is -2.25. The van der Waals surface area contributed by atoms with Crippen LogP contribution in [0.25, 0.3) is 5.57 Å². The zero-order valence-corrected chi connectivity index (χ0v) is 17.7. The first-order valence-corrected chi connectivity index (χ1v) is 10.5. The van der Waals surface area contributed by atoms with Gasteiger partial charge in [-0.3, -0.25) is 14.5 Å². The number of amides is 2. The minimum Gasteiger partial charge on any atom is -0.454 e. The molecule has 0 atom stereocenters. The number of fused-ring (bicyclic) bond motifs is 1. The summed E-state index contributed by atoms with van der Waals surface area (Å²) in [5.74, 6) is 0.677. The van der Waals surface area contributed by atoms with Crippen LogP contribution < -0.4 is 14.4 Å². The Bertz CT molecular complexity index is 1210. The van der Waals surface area contributed by atoms with E-state index in [1.165, 1.54) is 4.90 Å². The quantitative estimate of drug-likeness (QED) is 0.553. The van der Waals surface area contributed by atoms with Crippen LogP contribution in [0.2, 0.25) is 0 Å². The van der Waals surface area contributed by atoms with Gasteiger partial charge in [-0.05, 0) is 42.3 Å². The van der Waals surface area contributed by atoms with Crippen molar-refractivity contribution in [3.8, 4) is 11.5 Å². The molecule has 3 aromatic carbocycles. The van der Waals surface area contributed by atoms with Crippen LogP contribution in [0.3, 0.4) is 0 Å². The van der Waals surface area contributed by atoms with Crippen molar-refractivity contribution in [2.45, 2.75) is 13.5 Å². The fourth-order valence-corrected chi connectivity index (χ4v) is 4.12. The third-order valence-corrected chi connectivity index (χ3v) is 5.64. The standard InChI is InChI=1S/C26H22N2O4/c1-2-27(20-11-7-4-8-12-20)24-23(19-9-5-3-6-10-19)25(29)28(26(24)30)16-18-13-14-21-22(15-18)32-17-31-21/h3-15H,2,16-17H2,1H3. The molecule has 0 saturated heterocycles. The first kappa shape index (κ1) is 19.9. The van der Waals surface area contributed by atoms with Gasteiger partial charge >= 0.3 is 0 Å². The second-order valence-corrected chi connectivity index (χ2v) is 7.55. The number of para-hydroxylation sites is 1. The third-order valence-electron chi connectivity index (χ3n) is 5.64. The van der Waals surface area contributed by atoms with E-state index in [0.717, 1.165) is 16.8 Å². The van der Waals surface area contributed by atoms with Crippen molar-refractivity contribution in [2.24, 2.45) is 0 Å². The fraction of sp³-hybridized carbons (Fsp3) is 0.154. The zero-order valence-electron chi connectivity index (χ0n) is 17.7. The number of ether oxygens (including phenoxy) is 2. The van der Waals surface area contributed by atoms with Gasteiger partial charge in [0.2, 0.25) is 6.79 Å². The van der Waals surface area contributed by atoms with Crippen molar-refractivity contribution < 1.29 is 19.1 Å². The number of benzene rings is 3. The molecular weight excluding hydrogens is 404 g/mol. The predicted molar refractivity (Wildman–Crippen MR) is 121 cm³/mol. The van der Waals surface area contributed by atoms with Crippen LogP contribution in [0, 0.1) is 0 Å². The van der Waals surface area contributed by atoms with Gasteiger partial charge in [-0.15, -0.1) is 0 Å². The van der Waals surface area contributed by atoms with Crippen LogP contribution in [-0.4, -0.2) is 30.1 Å². The fourth-order valence-electron chi connectivity index (χ4n) is 4.12. The van der Waals surface area contributed by atoms with Gasteiger partial charge in [0.05, 0.1) is 12.1 Å². The van der Waals surface area contributed by atoms with E-state index >= 15 is 0 Å². The van der Waals surface area contributed by atoms with E-state index in [0.29, 0.717) is 29.3 Å². The Morgan fingerprint density at radius 1 is 0.844 bits per heavy atom. The summed E-state index contributed by atoms with van der Waals surface area (Å²) >= 11 is 0. The summed E-state index contributed by atoms with van der Waals surface area (Å²) in [4.78, 5) is 30.5. The van der Waals surface area contributed by atoms with E-state index in [2.05, 4.69) is 0 Å². The number of anilines is 1. The smallest absolute Gasteiger partial charge is 0.278 e. The van der Waals surface area contributed by atoms with Gasteiger partial charge in [0, 0.05) is 12.2 Å². The van der Waals surface area contributed by atoms with Crippen LogP contribution in [0.5, 0.6) is 11.5 Å². The second-order valence-electron chi connectivity index (χ2n) is 7.55. The molecule has 2 heterocycles. The second kappa shape index (κ2) is 8.23. The lowest BCUT2D eigenvalue weighted by atomic mass is 10.0. The van der Waals surface area contributed by atoms with E-state index in [4.69, 9.17) is 9.47 Å². The third kappa shape index (κ3) is 3.39. The number of rotatable bonds is 6. The minimum atomic E-state index is -0.308. The summed E-state index contributed by atoms with van der Waals surface area (Å²) in [5.41, 5.74) is 3.21. The molecule has 0 bridgehead atoms. The van der Waals surface area contributed by atoms with E-state index in [1.807, 2.05) is 84.6 Å². The molecule has 6 nitrogen and oxygen atoms in total. The minimum absolute atomic E-state index is 0.153. The average molecular weight is 426 g/mol. The molecule has 0 aliphatic carbocycles. The zero-order chi connectivity index (χ0) is 22.1. The Labute approximate surface area is 186 Å². The summed E-state index contributed by atoms with van der Waals surface area (Å²) in [5, 5.41) is 0. The molecule has 0 aromatic heterocycles. The summed E-state index contributed by atoms with van der Waals surface area (Å²) in [6.07, 6.45) is 0. The van der Waals surface area contributed by atoms with E-state index < -0.39 is 0 Å². The number of carbonyl (C=O) groups excluding carboxylic acids is 2. The van der Waals surface area contributed by atoms with Crippen molar-refractivity contribution in [2.75, 3.05) is 18.2 Å². The molecule has 0 unspecified atom stereocenters. The highest BCUT2D eigenvalue weighted by atomic mass is 16.7. The topological polar surface area (TPSA) is 59.1 Å². The SMILES string of the molecule is CCN(C1=C(c2ccccc2)C(=O)N(Cc2ccc3c(c2)OCO3)C1=O)c1ccccc1. The van der Waals surface area contributed by atoms with Gasteiger partial charge in [-0.1, -0.05) is 54.6 Å². The van der Waals surface area contributed by atoms with Gasteiger partial charge < -0.3 is 14.4 Å². The van der Waals surface area contributed by atoms with Gasteiger partial charge in [0.25, 0.3) is 11.8 Å². The Kier molecular flexibility index (Phi) is 5.11. The molecule has 6 heteroatoms. The van der Waals surface area contributed by atoms with Crippen LogP contribution in [0.1, 0.15) is 18.1 Å². The van der Waals surface area contributed by atoms with Crippen LogP contribution >= 0.6 is 0 Å². The van der Waals surface area contributed by atoms with Gasteiger partial charge in [0.1, 0.15) is 5.70 Å². The first-order chi connectivity index (χ1) is 15.7. The predicted octanol–water partition coefficient (Wildman–Crippen LogP) is 4.22. The molecule has 3 aromatic rings. The number of nitrogens with zero attached hydrogens (tertiary/aromatic N) is 2. The van der Waals surface area contributed by atoms with Crippen LogP contribution in [0.4, 0.5) is 5.69 Å². The maximum Gasteiger partial charge on any atom is 0.278 e. The molecule has 5 rings (SSSR count). The van der Waals surface area contributed by atoms with E-state index in [-0.39, 0.29) is 25.2 Å². The van der Waals surface area contributed by atoms with E-state index in [1.54, 1.807) is 6.07 Å². The molecule has 160 valence electrons. The van der Waals surface area contributed by atoms with Crippen molar-refractivity contribution in [1.29, 1.82) is 0 Å². The Balaban J connectivity index is 1.56. The van der Waals surface area contributed by atoms with Gasteiger partial charge in [-0.25, -0.2) is 0 Å². The molecule has 0 saturated carbocycles. The first-order valence-electron chi connectivity index (χ1n) is 10.5. The molecular formula is C26H22N2O4. The maximum atomic E-state index is 13.7. The summed E-state index contributed by atoms with van der Waals surface area (Å²) < 4.78 is 10.8. The molecule has 0 fully saturated rings. The molecule has 0 spiro atoms. The van der Waals surface area contributed by atoms with Gasteiger partial charge in [-0.2, -0.15) is 0 Å². The molecule has 0 N–H and O–H groups in total. The van der Waals surface area contributed by atoms with Crippen molar-refractivity contribution in [3.63, 3.8) is 0 Å². The van der Waals surface area contributed by atoms with E-state index in [9.17, 15) is 9.59 Å². The maximum absolute atomic E-state index is 13.7. The number of hydrogen-bond donors (Lipinski definition) is 0. The Morgan fingerprint density at radius 2 is 1.53 bits per heavy atom. The Hall–Kier alpha value is -4.06. The van der Waals surface area contributed by atoms with Crippen molar-refractivity contribution in [3.05, 3.63) is 95.7 Å². The molecule has 0 radical (unpaired) electrons. The molecule has 32 heavy (non-hydrogen) atoms. The number of likely N-dealkylation sites (N-methyl/N-ethyl adjacent to an activating group) is 1. The summed E-state index contributed by atoms with van der Waals surface area (Å²) in [6, 6.07) is 24.5. The lowest BCUT2D eigenvalue weighted by molar-refractivity contribution is -0.137. The molecule has 2 aliphatic rings. The number of imide groups is 1. The largest absolute Gasteiger partial charge is 0.454 e. The van der Waals surface area contributed by atoms with Crippen LogP contribution in [0.15, 0.2) is 84.6 Å². The van der Waals surface area contributed by atoms with Gasteiger partial charge in [0.15, 0.2) is 11.5 Å². The molecule has 2 aliphatic heterocycles.